The van der Waals surface area contributed by atoms with Crippen molar-refractivity contribution in [2.24, 2.45) is 0 Å². The molecule has 1 amide bonds. The van der Waals surface area contributed by atoms with Crippen LogP contribution in [0.4, 0.5) is 19.0 Å². The number of ether oxygens (including phenoxy) is 1. The van der Waals surface area contributed by atoms with Crippen LogP contribution in [-0.4, -0.2) is 38.4 Å². The average Bonchev–Trinajstić information content (AvgIpc) is 3.04. The van der Waals surface area contributed by atoms with E-state index >= 15 is 0 Å². The molecule has 0 aliphatic heterocycles. The highest BCUT2D eigenvalue weighted by atomic mass is 19.4. The lowest BCUT2D eigenvalue weighted by atomic mass is 10.3. The van der Waals surface area contributed by atoms with E-state index in [0.717, 1.165) is 5.56 Å². The fourth-order valence-electron chi connectivity index (χ4n) is 2.33. The zero-order valence-corrected chi connectivity index (χ0v) is 14.3. The maximum atomic E-state index is 12.1. The van der Waals surface area contributed by atoms with Gasteiger partial charge in [0.1, 0.15) is 5.82 Å². The maximum Gasteiger partial charge on any atom is 0.422 e. The smallest absolute Gasteiger partial charge is 0.422 e. The Kier molecular flexibility index (Phi) is 5.24. The second kappa shape index (κ2) is 7.60. The van der Waals surface area contributed by atoms with Gasteiger partial charge in [-0.3, -0.25) is 9.48 Å². The van der Waals surface area contributed by atoms with Gasteiger partial charge in [-0.1, -0.05) is 13.0 Å². The molecule has 0 bridgehead atoms. The molecule has 3 aromatic rings. The zero-order chi connectivity index (χ0) is 19.4. The number of hydrogen-bond donors (Lipinski definition) is 1. The van der Waals surface area contributed by atoms with Crippen molar-refractivity contribution in [2.75, 3.05) is 11.9 Å². The number of carbonyl (C=O) groups is 1. The van der Waals surface area contributed by atoms with Crippen LogP contribution in [0.5, 0.6) is 5.88 Å². The summed E-state index contributed by atoms with van der Waals surface area (Å²) in [4.78, 5) is 19.6. The zero-order valence-electron chi connectivity index (χ0n) is 14.3. The number of rotatable bonds is 6. The number of alkyl halides is 3. The van der Waals surface area contributed by atoms with Gasteiger partial charge in [0, 0.05) is 31.1 Å². The number of halogens is 3. The van der Waals surface area contributed by atoms with Crippen molar-refractivity contribution >= 4 is 22.6 Å². The number of pyridine rings is 2. The van der Waals surface area contributed by atoms with Crippen molar-refractivity contribution < 1.29 is 22.7 Å². The van der Waals surface area contributed by atoms with E-state index in [1.165, 1.54) is 12.3 Å². The molecule has 10 heteroatoms. The molecule has 7 nitrogen and oxygen atoms in total. The molecule has 0 radical (unpaired) electrons. The van der Waals surface area contributed by atoms with Gasteiger partial charge in [0.2, 0.25) is 11.8 Å². The molecule has 1 N–H and O–H groups in total. The number of nitrogens with zero attached hydrogens (tertiary/aromatic N) is 4. The van der Waals surface area contributed by atoms with E-state index in [2.05, 4.69) is 25.1 Å². The molecule has 0 fully saturated rings. The Bertz CT molecular complexity index is 938. The molecule has 0 saturated carbocycles. The van der Waals surface area contributed by atoms with Crippen molar-refractivity contribution in [3.05, 3.63) is 42.4 Å². The summed E-state index contributed by atoms with van der Waals surface area (Å²) in [5.41, 5.74) is 1.39. The SMILES string of the molecule is CCC(=O)Nc1nccc2nn(Cc3ccc(OCC(F)(F)F)nc3)cc12. The molecule has 0 saturated heterocycles. The van der Waals surface area contributed by atoms with E-state index in [4.69, 9.17) is 0 Å². The van der Waals surface area contributed by atoms with Gasteiger partial charge in [-0.05, 0) is 11.6 Å². The number of nitrogens with one attached hydrogen (secondary N) is 1. The van der Waals surface area contributed by atoms with Crippen molar-refractivity contribution in [1.82, 2.24) is 19.7 Å². The van der Waals surface area contributed by atoms with Crippen LogP contribution in [0.3, 0.4) is 0 Å². The summed E-state index contributed by atoms with van der Waals surface area (Å²) in [6.07, 6.45) is 0.645. The molecule has 3 aromatic heterocycles. The number of carbonyl (C=O) groups excluding carboxylic acids is 1. The molecule has 0 aliphatic rings. The highest BCUT2D eigenvalue weighted by Crippen LogP contribution is 2.21. The van der Waals surface area contributed by atoms with Gasteiger partial charge in [-0.25, -0.2) is 9.97 Å². The Morgan fingerprint density at radius 2 is 2.07 bits per heavy atom. The summed E-state index contributed by atoms with van der Waals surface area (Å²) in [7, 11) is 0. The first-order valence-corrected chi connectivity index (χ1v) is 8.10. The summed E-state index contributed by atoms with van der Waals surface area (Å²) < 4.78 is 42.7. The van der Waals surface area contributed by atoms with Crippen molar-refractivity contribution in [3.63, 3.8) is 0 Å². The largest absolute Gasteiger partial charge is 0.468 e. The molecule has 0 atom stereocenters. The van der Waals surface area contributed by atoms with E-state index < -0.39 is 12.8 Å². The monoisotopic (exact) mass is 379 g/mol. The molecule has 3 rings (SSSR count). The van der Waals surface area contributed by atoms with Gasteiger partial charge >= 0.3 is 6.18 Å². The molecule has 0 spiro atoms. The van der Waals surface area contributed by atoms with E-state index in [0.29, 0.717) is 29.7 Å². The third-order valence-electron chi connectivity index (χ3n) is 3.59. The normalized spacial score (nSPS) is 11.6. The minimum atomic E-state index is -4.41. The molecule has 0 unspecified atom stereocenters. The first kappa shape index (κ1) is 18.6. The lowest BCUT2D eigenvalue weighted by Crippen LogP contribution is -2.19. The second-order valence-electron chi connectivity index (χ2n) is 5.73. The third-order valence-corrected chi connectivity index (χ3v) is 3.59. The Morgan fingerprint density at radius 3 is 2.74 bits per heavy atom. The molecular formula is C17H16F3N5O2. The van der Waals surface area contributed by atoms with Crippen molar-refractivity contribution in [1.29, 1.82) is 0 Å². The lowest BCUT2D eigenvalue weighted by molar-refractivity contribution is -0.154. The summed E-state index contributed by atoms with van der Waals surface area (Å²) >= 11 is 0. The predicted octanol–water partition coefficient (Wildman–Crippen LogP) is 3.16. The van der Waals surface area contributed by atoms with Crippen LogP contribution in [0.15, 0.2) is 36.8 Å². The lowest BCUT2D eigenvalue weighted by Gasteiger charge is -2.08. The maximum absolute atomic E-state index is 12.1. The number of anilines is 1. The number of hydrogen-bond acceptors (Lipinski definition) is 5. The molecular weight excluding hydrogens is 363 g/mol. The number of amides is 1. The quantitative estimate of drug-likeness (QED) is 0.711. The predicted molar refractivity (Wildman–Crippen MR) is 91.3 cm³/mol. The fraction of sp³-hybridized carbons (Fsp3) is 0.294. The summed E-state index contributed by atoms with van der Waals surface area (Å²) in [5.74, 6) is 0.177. The molecule has 142 valence electrons. The van der Waals surface area contributed by atoms with Crippen molar-refractivity contribution in [2.45, 2.75) is 26.1 Å². The molecule has 27 heavy (non-hydrogen) atoms. The third kappa shape index (κ3) is 4.93. The Hall–Kier alpha value is -3.17. The number of fused-ring (bicyclic) bond motifs is 1. The summed E-state index contributed by atoms with van der Waals surface area (Å²) in [6.45, 7) is 0.708. The van der Waals surface area contributed by atoms with E-state index in [-0.39, 0.29) is 11.8 Å². The van der Waals surface area contributed by atoms with Crippen LogP contribution >= 0.6 is 0 Å². The standard InChI is InChI=1S/C17H16F3N5O2/c1-2-14(26)23-16-12-9-25(24-13(12)5-6-21-16)8-11-3-4-15(22-7-11)27-10-17(18,19)20/h3-7,9H,2,8,10H2,1H3,(H,21,23,26). The minimum absolute atomic E-state index is 0.101. The van der Waals surface area contributed by atoms with E-state index in [1.54, 1.807) is 36.1 Å². The summed E-state index contributed by atoms with van der Waals surface area (Å²) in [5, 5.41) is 7.82. The van der Waals surface area contributed by atoms with Crippen LogP contribution in [-0.2, 0) is 11.3 Å². The van der Waals surface area contributed by atoms with Crippen LogP contribution < -0.4 is 10.1 Å². The topological polar surface area (TPSA) is 81.9 Å². The highest BCUT2D eigenvalue weighted by Gasteiger charge is 2.28. The first-order valence-electron chi connectivity index (χ1n) is 8.10. The van der Waals surface area contributed by atoms with Crippen molar-refractivity contribution in [3.8, 4) is 5.88 Å². The van der Waals surface area contributed by atoms with Gasteiger partial charge in [0.25, 0.3) is 0 Å². The average molecular weight is 379 g/mol. The van der Waals surface area contributed by atoms with Crippen LogP contribution in [0.1, 0.15) is 18.9 Å². The van der Waals surface area contributed by atoms with Gasteiger partial charge < -0.3 is 10.1 Å². The summed E-state index contributed by atoms with van der Waals surface area (Å²) in [6, 6.07) is 4.71. The van der Waals surface area contributed by atoms with Crippen LogP contribution in [0, 0.1) is 0 Å². The Labute approximate surface area is 152 Å². The van der Waals surface area contributed by atoms with Crippen LogP contribution in [0.2, 0.25) is 0 Å². The van der Waals surface area contributed by atoms with Crippen LogP contribution in [0.25, 0.3) is 10.9 Å². The first-order chi connectivity index (χ1) is 12.8. The van der Waals surface area contributed by atoms with Gasteiger partial charge in [0.05, 0.1) is 17.4 Å². The van der Waals surface area contributed by atoms with Gasteiger partial charge in [-0.15, -0.1) is 0 Å². The minimum Gasteiger partial charge on any atom is -0.468 e. The van der Waals surface area contributed by atoms with Gasteiger partial charge in [-0.2, -0.15) is 18.3 Å². The van der Waals surface area contributed by atoms with Gasteiger partial charge in [0.15, 0.2) is 6.61 Å². The Balaban J connectivity index is 1.73. The highest BCUT2D eigenvalue weighted by molar-refractivity contribution is 5.98. The number of aromatic nitrogens is 4. The molecule has 0 aromatic carbocycles. The second-order valence-corrected chi connectivity index (χ2v) is 5.73. The molecule has 0 aliphatic carbocycles. The fourth-order valence-corrected chi connectivity index (χ4v) is 2.33. The molecule has 3 heterocycles. The van der Waals surface area contributed by atoms with E-state index in [1.807, 2.05) is 0 Å². The Morgan fingerprint density at radius 1 is 1.26 bits per heavy atom. The van der Waals surface area contributed by atoms with E-state index in [9.17, 15) is 18.0 Å².